The zero-order valence-corrected chi connectivity index (χ0v) is 34.8. The molecule has 3 aliphatic rings. The lowest BCUT2D eigenvalue weighted by Crippen LogP contribution is -2.61. The molecule has 4 heterocycles. The van der Waals surface area contributed by atoms with Gasteiger partial charge in [-0.15, -0.1) is 0 Å². The van der Waals surface area contributed by atoms with Crippen LogP contribution in [0.25, 0.3) is 17.0 Å². The van der Waals surface area contributed by atoms with Gasteiger partial charge in [0.1, 0.15) is 18.1 Å². The molecule has 2 aromatic rings. The fourth-order valence-electron chi connectivity index (χ4n) is 9.00. The fraction of sp³-hybridized carbons (Fsp3) is 0.674. The summed E-state index contributed by atoms with van der Waals surface area (Å²) in [4.78, 5) is 47.9. The number of aliphatic hydroxyl groups is 1. The van der Waals surface area contributed by atoms with Crippen LogP contribution in [-0.4, -0.2) is 120 Å². The first-order valence-corrected chi connectivity index (χ1v) is 20.3. The van der Waals surface area contributed by atoms with Crippen LogP contribution >= 0.6 is 0 Å². The van der Waals surface area contributed by atoms with Crippen molar-refractivity contribution in [1.29, 1.82) is 0 Å². The number of esters is 1. The second kappa shape index (κ2) is 18.4. The molecule has 3 N–H and O–H groups in total. The number of hydrogen-bond acceptors (Lipinski definition) is 12. The Morgan fingerprint density at radius 3 is 2.52 bits per heavy atom. The number of aromatic nitrogens is 1. The minimum absolute atomic E-state index is 0.0355. The monoisotopic (exact) mass is 780 g/mol. The Hall–Kier alpha value is -3.46. The summed E-state index contributed by atoms with van der Waals surface area (Å²) in [6, 6.07) is 8.95. The van der Waals surface area contributed by atoms with E-state index in [1.54, 1.807) is 13.8 Å². The largest absolute Gasteiger partial charge is 0.457 e. The van der Waals surface area contributed by atoms with Gasteiger partial charge in [0.2, 0.25) is 0 Å². The van der Waals surface area contributed by atoms with E-state index < -0.39 is 71.5 Å². The number of nitrogens with one attached hydrogen (secondary N) is 2. The van der Waals surface area contributed by atoms with Crippen molar-refractivity contribution in [1.82, 2.24) is 20.5 Å². The lowest BCUT2D eigenvalue weighted by molar-refractivity contribution is -0.296. The number of pyridine rings is 1. The summed E-state index contributed by atoms with van der Waals surface area (Å²) in [5.74, 6) is -3.23. The third-order valence-corrected chi connectivity index (χ3v) is 12.1. The number of likely N-dealkylation sites (N-methyl/N-ethyl adjacent to an activating group) is 1. The maximum Gasteiger partial charge on any atom is 0.408 e. The highest BCUT2D eigenvalue weighted by molar-refractivity contribution is 6.00. The SMILES string of the molecule is CC[C@H]1OC(=O)[C@H](C)C(=O)[C@H](C)[C@@H](O[C@@H]2O[C@H](C)CC(N(C)C)C2O)[C@](C)(OC/C=C/c2cnc3ccccc3c2)C[C@@H](C)CN[C@H](C)[C@H]2NC(=O)O[C@@]21CC. The van der Waals surface area contributed by atoms with E-state index in [9.17, 15) is 19.5 Å². The summed E-state index contributed by atoms with van der Waals surface area (Å²) in [6.45, 7) is 15.7. The highest BCUT2D eigenvalue weighted by Crippen LogP contribution is 2.39. The van der Waals surface area contributed by atoms with Crippen molar-refractivity contribution in [3.63, 3.8) is 0 Å². The van der Waals surface area contributed by atoms with E-state index in [1.807, 2.05) is 96.2 Å². The van der Waals surface area contributed by atoms with Crippen molar-refractivity contribution in [2.75, 3.05) is 27.2 Å². The third-order valence-electron chi connectivity index (χ3n) is 12.1. The number of carbonyl (C=O) groups excluding carboxylic acids is 3. The van der Waals surface area contributed by atoms with Crippen LogP contribution in [0.15, 0.2) is 42.6 Å². The zero-order chi connectivity index (χ0) is 40.9. The van der Waals surface area contributed by atoms with Gasteiger partial charge in [-0.05, 0) is 97.6 Å². The van der Waals surface area contributed by atoms with Gasteiger partial charge in [-0.3, -0.25) is 14.6 Å². The molecule has 0 spiro atoms. The summed E-state index contributed by atoms with van der Waals surface area (Å²) in [6.07, 6.45) is 2.82. The summed E-state index contributed by atoms with van der Waals surface area (Å²) >= 11 is 0. The number of amides is 1. The molecule has 310 valence electrons. The van der Waals surface area contributed by atoms with E-state index in [0.717, 1.165) is 16.5 Å². The van der Waals surface area contributed by atoms with Gasteiger partial charge in [-0.1, -0.05) is 58.0 Å². The first-order valence-electron chi connectivity index (χ1n) is 20.3. The second-order valence-corrected chi connectivity index (χ2v) is 16.7. The number of nitrogens with zero attached hydrogens (tertiary/aromatic N) is 2. The molecule has 0 saturated carbocycles. The van der Waals surface area contributed by atoms with Crippen molar-refractivity contribution < 1.29 is 43.2 Å². The zero-order valence-electron chi connectivity index (χ0n) is 34.8. The van der Waals surface area contributed by atoms with Crippen molar-refractivity contribution in [3.05, 3.63) is 48.2 Å². The van der Waals surface area contributed by atoms with Gasteiger partial charge in [-0.25, -0.2) is 4.79 Å². The number of alkyl carbamates (subject to hydrolysis) is 1. The number of para-hydroxylation sites is 1. The van der Waals surface area contributed by atoms with Crippen molar-refractivity contribution >= 4 is 34.8 Å². The number of aliphatic hydroxyl groups excluding tert-OH is 1. The molecular formula is C43H64N4O9. The van der Waals surface area contributed by atoms with Crippen LogP contribution in [0.1, 0.15) is 86.6 Å². The summed E-state index contributed by atoms with van der Waals surface area (Å²) in [5.41, 5.74) is -0.454. The molecule has 3 aliphatic heterocycles. The lowest BCUT2D eigenvalue weighted by atomic mass is 9.78. The highest BCUT2D eigenvalue weighted by atomic mass is 16.7. The first-order chi connectivity index (χ1) is 26.5. The normalized spacial score (nSPS) is 37.8. The fourth-order valence-corrected chi connectivity index (χ4v) is 9.00. The van der Waals surface area contributed by atoms with Crippen molar-refractivity contribution in [3.8, 4) is 0 Å². The van der Waals surface area contributed by atoms with Gasteiger partial charge < -0.3 is 44.3 Å². The Labute approximate surface area is 332 Å². The molecular weight excluding hydrogens is 716 g/mol. The number of carbonyl (C=O) groups is 3. The first kappa shape index (κ1) is 43.7. The number of Topliss-reactive ketones (excluding diaryl/α,β-unsaturated/α-hetero) is 1. The van der Waals surface area contributed by atoms with Crippen LogP contribution in [0.5, 0.6) is 0 Å². The molecule has 0 radical (unpaired) electrons. The molecule has 3 fully saturated rings. The molecule has 13 atom stereocenters. The van der Waals surface area contributed by atoms with Gasteiger partial charge in [0, 0.05) is 29.6 Å². The maximum absolute atomic E-state index is 14.6. The molecule has 0 aliphatic carbocycles. The number of cyclic esters (lactones) is 1. The molecule has 1 amide bonds. The average molecular weight is 781 g/mol. The molecule has 5 rings (SSSR count). The predicted molar refractivity (Wildman–Crippen MR) is 214 cm³/mol. The van der Waals surface area contributed by atoms with Gasteiger partial charge in [0.25, 0.3) is 0 Å². The standard InChI is InChI=1S/C43H64N4O9/c1-11-34-43(12-2)37(46-41(51)56-43)29(7)44-23-25(3)22-42(8,52-19-15-16-30-21-31-17-13-14-18-32(31)45-24-30)38(27(5)35(48)28(6)39(50)54-34)55-40-36(49)33(47(9)10)20-26(4)53-40/h13-18,21,24-29,33-34,36-38,40,44,49H,11-12,19-20,22-23H2,1-10H3,(H,46,51)/b16-15+/t25-,26-,27+,28-,29-,33?,34-,36?,37-,38-,40+,42-,43-/m1/s1. The quantitative estimate of drug-likeness (QED) is 0.224. The van der Waals surface area contributed by atoms with Gasteiger partial charge >= 0.3 is 12.1 Å². The summed E-state index contributed by atoms with van der Waals surface area (Å²) < 4.78 is 32.0. The Morgan fingerprint density at radius 2 is 1.82 bits per heavy atom. The number of ketones is 1. The molecule has 13 nitrogen and oxygen atoms in total. The predicted octanol–water partition coefficient (Wildman–Crippen LogP) is 5.27. The maximum atomic E-state index is 14.6. The molecule has 2 unspecified atom stereocenters. The Balaban J connectivity index is 1.52. The van der Waals surface area contributed by atoms with Crippen LogP contribution in [0, 0.1) is 17.8 Å². The van der Waals surface area contributed by atoms with Gasteiger partial charge in [0.15, 0.2) is 17.7 Å². The smallest absolute Gasteiger partial charge is 0.408 e. The molecule has 1 aromatic carbocycles. The average Bonchev–Trinajstić information content (AvgIpc) is 3.53. The number of rotatable bonds is 9. The van der Waals surface area contributed by atoms with Crippen LogP contribution in [-0.2, 0) is 33.3 Å². The molecule has 1 aromatic heterocycles. The summed E-state index contributed by atoms with van der Waals surface area (Å²) in [7, 11) is 3.81. The van der Waals surface area contributed by atoms with E-state index in [2.05, 4.69) is 28.6 Å². The van der Waals surface area contributed by atoms with Gasteiger partial charge in [0.05, 0.1) is 36.0 Å². The van der Waals surface area contributed by atoms with Crippen LogP contribution in [0.4, 0.5) is 4.79 Å². The van der Waals surface area contributed by atoms with E-state index in [1.165, 1.54) is 0 Å². The minimum atomic E-state index is -1.18. The number of benzene rings is 1. The van der Waals surface area contributed by atoms with E-state index >= 15 is 0 Å². The molecule has 13 heteroatoms. The second-order valence-electron chi connectivity index (χ2n) is 16.7. The van der Waals surface area contributed by atoms with Crippen LogP contribution in [0.2, 0.25) is 0 Å². The Bertz CT molecular complexity index is 1710. The van der Waals surface area contributed by atoms with Gasteiger partial charge in [-0.2, -0.15) is 0 Å². The molecule has 0 bridgehead atoms. The highest BCUT2D eigenvalue weighted by Gasteiger charge is 2.57. The molecule has 56 heavy (non-hydrogen) atoms. The number of hydrogen-bond donors (Lipinski definition) is 3. The lowest BCUT2D eigenvalue weighted by Gasteiger charge is -2.47. The number of fused-ring (bicyclic) bond motifs is 2. The third kappa shape index (κ3) is 9.45. The minimum Gasteiger partial charge on any atom is -0.457 e. The van der Waals surface area contributed by atoms with E-state index in [4.69, 9.17) is 23.7 Å². The van der Waals surface area contributed by atoms with E-state index in [-0.39, 0.29) is 30.7 Å². The summed E-state index contributed by atoms with van der Waals surface area (Å²) in [5, 5.41) is 19.2. The number of ether oxygens (including phenoxy) is 5. The van der Waals surface area contributed by atoms with Crippen molar-refractivity contribution in [2.24, 2.45) is 17.8 Å². The molecule has 3 saturated heterocycles. The topological polar surface area (TPSA) is 158 Å². The van der Waals surface area contributed by atoms with E-state index in [0.29, 0.717) is 32.2 Å². The Morgan fingerprint density at radius 1 is 1.09 bits per heavy atom. The van der Waals surface area contributed by atoms with Crippen LogP contribution in [0.3, 0.4) is 0 Å². The Kier molecular flexibility index (Phi) is 14.4. The van der Waals surface area contributed by atoms with Crippen LogP contribution < -0.4 is 10.6 Å². The van der Waals surface area contributed by atoms with Crippen molar-refractivity contribution in [2.45, 2.75) is 141 Å².